The summed E-state index contributed by atoms with van der Waals surface area (Å²) in [4.78, 5) is 45.1. The zero-order valence-corrected chi connectivity index (χ0v) is 25.0. The smallest absolute Gasteiger partial charge is 0.324 e. The third kappa shape index (κ3) is 6.97. The van der Waals surface area contributed by atoms with E-state index < -0.39 is 11.6 Å². The highest BCUT2D eigenvalue weighted by Crippen LogP contribution is 2.33. The van der Waals surface area contributed by atoms with Crippen molar-refractivity contribution in [2.75, 3.05) is 45.9 Å². The highest BCUT2D eigenvalue weighted by atomic mass is 35.5. The first-order chi connectivity index (χ1) is 20.4. The maximum atomic E-state index is 14.3. The maximum absolute atomic E-state index is 14.3. The van der Waals surface area contributed by atoms with Crippen LogP contribution < -0.4 is 10.6 Å². The Morgan fingerprint density at radius 2 is 1.76 bits per heavy atom. The van der Waals surface area contributed by atoms with E-state index in [4.69, 9.17) is 16.3 Å². The fraction of sp³-hybridized carbons (Fsp3) is 0.469. The number of nitrogens with one attached hydrogen (secondary N) is 2. The molecule has 0 atom stereocenters. The van der Waals surface area contributed by atoms with Crippen LogP contribution in [0.5, 0.6) is 0 Å². The number of hydrogen-bond donors (Lipinski definition) is 2. The van der Waals surface area contributed by atoms with Crippen molar-refractivity contribution < 1.29 is 19.1 Å². The quantitative estimate of drug-likeness (QED) is 0.340. The van der Waals surface area contributed by atoms with E-state index in [0.29, 0.717) is 36.5 Å². The molecule has 2 aliphatic rings. The van der Waals surface area contributed by atoms with Gasteiger partial charge in [0.1, 0.15) is 11.2 Å². The van der Waals surface area contributed by atoms with Gasteiger partial charge in [0.05, 0.1) is 13.2 Å². The van der Waals surface area contributed by atoms with Crippen LogP contribution in [0, 0.1) is 0 Å². The number of imide groups is 1. The van der Waals surface area contributed by atoms with Crippen molar-refractivity contribution in [2.24, 2.45) is 7.05 Å². The Kier molecular flexibility index (Phi) is 9.82. The molecule has 0 bridgehead atoms. The third-order valence-corrected chi connectivity index (χ3v) is 8.68. The molecular formula is C32H40ClN5O4. The van der Waals surface area contributed by atoms with E-state index in [1.807, 2.05) is 55.6 Å². The van der Waals surface area contributed by atoms with Crippen molar-refractivity contribution in [1.29, 1.82) is 0 Å². The van der Waals surface area contributed by atoms with E-state index in [2.05, 4.69) is 15.5 Å². The van der Waals surface area contributed by atoms with Gasteiger partial charge in [-0.1, -0.05) is 60.8 Å². The molecule has 3 aromatic rings. The van der Waals surface area contributed by atoms with E-state index in [1.165, 1.54) is 4.90 Å². The number of benzene rings is 2. The van der Waals surface area contributed by atoms with Crippen LogP contribution >= 0.6 is 11.6 Å². The lowest BCUT2D eigenvalue weighted by molar-refractivity contribution is -0.134. The van der Waals surface area contributed by atoms with Crippen molar-refractivity contribution in [3.63, 3.8) is 0 Å². The molecule has 2 aromatic carbocycles. The number of halogens is 1. The molecule has 0 radical (unpaired) electrons. The Balaban J connectivity index is 1.32. The lowest BCUT2D eigenvalue weighted by atomic mass is 9.94. The molecule has 2 N–H and O–H groups in total. The van der Waals surface area contributed by atoms with Crippen LogP contribution in [0.25, 0.3) is 10.9 Å². The van der Waals surface area contributed by atoms with Gasteiger partial charge in [-0.05, 0) is 56.0 Å². The van der Waals surface area contributed by atoms with Crippen LogP contribution in [-0.4, -0.2) is 83.7 Å². The molecule has 1 aliphatic carbocycles. The summed E-state index contributed by atoms with van der Waals surface area (Å²) in [7, 11) is 1.81. The highest BCUT2D eigenvalue weighted by Gasteiger charge is 2.46. The van der Waals surface area contributed by atoms with Gasteiger partial charge in [0, 0.05) is 49.2 Å². The molecular weight excluding hydrogens is 554 g/mol. The van der Waals surface area contributed by atoms with E-state index in [0.717, 1.165) is 68.6 Å². The van der Waals surface area contributed by atoms with E-state index >= 15 is 0 Å². The van der Waals surface area contributed by atoms with Gasteiger partial charge in [-0.2, -0.15) is 0 Å². The van der Waals surface area contributed by atoms with Crippen molar-refractivity contribution in [3.8, 4) is 0 Å². The van der Waals surface area contributed by atoms with Crippen LogP contribution in [-0.2, 0) is 23.0 Å². The van der Waals surface area contributed by atoms with Gasteiger partial charge in [0.2, 0.25) is 0 Å². The first kappa shape index (κ1) is 30.1. The molecule has 1 saturated heterocycles. The number of carbonyl (C=O) groups is 3. The fourth-order valence-corrected chi connectivity index (χ4v) is 6.20. The van der Waals surface area contributed by atoms with Gasteiger partial charge < -0.3 is 19.9 Å². The summed E-state index contributed by atoms with van der Waals surface area (Å²) < 4.78 is 7.20. The molecule has 5 rings (SSSR count). The Labute approximate surface area is 252 Å². The number of nitrogens with zero attached hydrogens (tertiary/aromatic N) is 3. The Morgan fingerprint density at radius 1 is 1.02 bits per heavy atom. The van der Waals surface area contributed by atoms with Crippen LogP contribution in [0.1, 0.15) is 48.2 Å². The van der Waals surface area contributed by atoms with Crippen molar-refractivity contribution in [1.82, 2.24) is 25.0 Å². The lowest BCUT2D eigenvalue weighted by Gasteiger charge is -2.34. The average Bonchev–Trinajstić information content (AvgIpc) is 3.61. The van der Waals surface area contributed by atoms with Gasteiger partial charge in [-0.3, -0.25) is 19.4 Å². The normalized spacial score (nSPS) is 16.8. The number of fused-ring (bicyclic) bond motifs is 1. The second-order valence-corrected chi connectivity index (χ2v) is 11.7. The molecule has 2 heterocycles. The number of urea groups is 1. The Bertz CT molecular complexity index is 1400. The largest absolute Gasteiger partial charge is 0.379 e. The second-order valence-electron chi connectivity index (χ2n) is 11.3. The summed E-state index contributed by atoms with van der Waals surface area (Å²) in [5.74, 6) is -0.689. The van der Waals surface area contributed by atoms with E-state index in [9.17, 15) is 14.4 Å². The molecule has 0 unspecified atom stereocenters. The SMILES string of the molecule is Cn1c(C(=O)NC2(C(=O)N(CCc3ccccc3)C(=O)NCCCN3CCOCC3)CCCC2)cc2ccc(Cl)cc21. The van der Waals surface area contributed by atoms with Gasteiger partial charge in [0.25, 0.3) is 11.8 Å². The summed E-state index contributed by atoms with van der Waals surface area (Å²) in [6.07, 6.45) is 3.87. The van der Waals surface area contributed by atoms with Crippen LogP contribution in [0.3, 0.4) is 0 Å². The van der Waals surface area contributed by atoms with Crippen LogP contribution in [0.15, 0.2) is 54.6 Å². The summed E-state index contributed by atoms with van der Waals surface area (Å²) in [5.41, 5.74) is 1.16. The molecule has 0 spiro atoms. The minimum Gasteiger partial charge on any atom is -0.379 e. The first-order valence-corrected chi connectivity index (χ1v) is 15.3. The van der Waals surface area contributed by atoms with E-state index in [1.54, 1.807) is 10.6 Å². The van der Waals surface area contributed by atoms with Gasteiger partial charge in [-0.25, -0.2) is 4.79 Å². The molecule has 224 valence electrons. The first-order valence-electron chi connectivity index (χ1n) is 14.9. The van der Waals surface area contributed by atoms with Gasteiger partial charge >= 0.3 is 6.03 Å². The molecule has 1 saturated carbocycles. The molecule has 4 amide bonds. The summed E-state index contributed by atoms with van der Waals surface area (Å²) >= 11 is 6.19. The van der Waals surface area contributed by atoms with Gasteiger partial charge in [-0.15, -0.1) is 0 Å². The van der Waals surface area contributed by atoms with Crippen molar-refractivity contribution in [3.05, 3.63) is 70.9 Å². The highest BCUT2D eigenvalue weighted by molar-refractivity contribution is 6.31. The molecule has 2 fully saturated rings. The minimum atomic E-state index is -1.15. The number of aryl methyl sites for hydroxylation is 1. The average molecular weight is 594 g/mol. The Hall–Kier alpha value is -3.40. The number of aromatic nitrogens is 1. The molecule has 1 aliphatic heterocycles. The molecule has 9 nitrogen and oxygen atoms in total. The predicted molar refractivity (Wildman–Crippen MR) is 164 cm³/mol. The number of carbonyl (C=O) groups excluding carboxylic acids is 3. The number of rotatable bonds is 10. The third-order valence-electron chi connectivity index (χ3n) is 8.45. The van der Waals surface area contributed by atoms with Crippen molar-refractivity contribution >= 4 is 40.3 Å². The predicted octanol–water partition coefficient (Wildman–Crippen LogP) is 4.38. The number of morpholine rings is 1. The molecule has 10 heteroatoms. The van der Waals surface area contributed by atoms with Crippen molar-refractivity contribution in [2.45, 2.75) is 44.1 Å². The summed E-state index contributed by atoms with van der Waals surface area (Å²) in [6, 6.07) is 16.7. The standard InChI is InChI=1S/C32H40ClN5O4/c1-36-27-23-26(33)11-10-25(27)22-28(36)29(39)35-32(13-5-6-14-32)30(40)38(17-12-24-8-3-2-4-9-24)31(41)34-15-7-16-37-18-20-42-21-19-37/h2-4,8-11,22-23H,5-7,12-21H2,1H3,(H,34,41)(H,35,39). The Morgan fingerprint density at radius 3 is 2.50 bits per heavy atom. The zero-order chi connectivity index (χ0) is 29.5. The van der Waals surface area contributed by atoms with E-state index in [-0.39, 0.29) is 18.4 Å². The van der Waals surface area contributed by atoms with Gasteiger partial charge in [0.15, 0.2) is 0 Å². The number of ether oxygens (including phenoxy) is 1. The molecule has 42 heavy (non-hydrogen) atoms. The second kappa shape index (κ2) is 13.7. The number of amides is 4. The number of hydrogen-bond acceptors (Lipinski definition) is 5. The lowest BCUT2D eigenvalue weighted by Crippen LogP contribution is -2.61. The monoisotopic (exact) mass is 593 g/mol. The van der Waals surface area contributed by atoms with Crippen LogP contribution in [0.2, 0.25) is 5.02 Å². The summed E-state index contributed by atoms with van der Waals surface area (Å²) in [5, 5.41) is 7.54. The van der Waals surface area contributed by atoms with Crippen LogP contribution in [0.4, 0.5) is 4.79 Å². The zero-order valence-electron chi connectivity index (χ0n) is 24.2. The minimum absolute atomic E-state index is 0.225. The fourth-order valence-electron chi connectivity index (χ4n) is 6.03. The topological polar surface area (TPSA) is 95.9 Å². The summed E-state index contributed by atoms with van der Waals surface area (Å²) in [6.45, 7) is 4.79. The molecule has 1 aromatic heterocycles. The maximum Gasteiger partial charge on any atom is 0.324 e.